The smallest absolute Gasteiger partial charge is 0.170 e. The molecule has 2 N–H and O–H groups in total. The largest absolute Gasteiger partial charge is 0.494 e. The van der Waals surface area contributed by atoms with E-state index in [-0.39, 0.29) is 12.1 Å². The fourth-order valence-electron chi connectivity index (χ4n) is 4.54. The topological polar surface area (TPSA) is 62.6 Å². The molecule has 0 aliphatic carbocycles. The number of para-hydroxylation sites is 1. The average Bonchev–Trinajstić information content (AvgIpc) is 3.53. The van der Waals surface area contributed by atoms with Crippen LogP contribution >= 0.6 is 12.2 Å². The molecule has 36 heavy (non-hydrogen) atoms. The van der Waals surface area contributed by atoms with E-state index in [1.54, 1.807) is 0 Å². The van der Waals surface area contributed by atoms with Gasteiger partial charge in [0.05, 0.1) is 18.3 Å². The van der Waals surface area contributed by atoms with Crippen LogP contribution in [0.15, 0.2) is 95.5 Å². The Labute approximate surface area is 217 Å². The summed E-state index contributed by atoms with van der Waals surface area (Å²) in [6.07, 6.45) is 2.74. The van der Waals surface area contributed by atoms with Crippen molar-refractivity contribution in [2.45, 2.75) is 25.4 Å². The van der Waals surface area contributed by atoms with Gasteiger partial charge in [-0.3, -0.25) is 4.98 Å². The average molecular weight is 499 g/mol. The molecule has 0 spiro atoms. The molecule has 3 heterocycles. The molecule has 6 nitrogen and oxygen atoms in total. The summed E-state index contributed by atoms with van der Waals surface area (Å²) >= 11 is 5.79. The van der Waals surface area contributed by atoms with Crippen molar-refractivity contribution in [2.24, 2.45) is 0 Å². The molecule has 1 aliphatic heterocycles. The number of nitrogens with one attached hydrogen (secondary N) is 2. The van der Waals surface area contributed by atoms with Gasteiger partial charge in [0.2, 0.25) is 0 Å². The molecule has 0 unspecified atom stereocenters. The highest BCUT2D eigenvalue weighted by Gasteiger charge is 2.41. The lowest BCUT2D eigenvalue weighted by atomic mass is 10.0. The summed E-state index contributed by atoms with van der Waals surface area (Å²) in [7, 11) is 0. The Kier molecular flexibility index (Phi) is 7.47. The van der Waals surface area contributed by atoms with Crippen molar-refractivity contribution in [3.63, 3.8) is 0 Å². The predicted molar refractivity (Wildman–Crippen MR) is 147 cm³/mol. The van der Waals surface area contributed by atoms with E-state index < -0.39 is 0 Å². The molecule has 7 heteroatoms. The number of pyridine rings is 1. The van der Waals surface area contributed by atoms with Crippen LogP contribution in [0.4, 0.5) is 5.69 Å². The van der Waals surface area contributed by atoms with Crippen LogP contribution in [0.5, 0.6) is 5.75 Å². The molecule has 0 radical (unpaired) electrons. The zero-order valence-corrected chi connectivity index (χ0v) is 21.1. The number of ether oxygens (including phenoxy) is 1. The van der Waals surface area contributed by atoms with Crippen molar-refractivity contribution in [2.75, 3.05) is 25.0 Å². The van der Waals surface area contributed by atoms with Crippen LogP contribution in [-0.4, -0.2) is 34.7 Å². The Morgan fingerprint density at radius 2 is 1.81 bits per heavy atom. The molecule has 0 bridgehead atoms. The molecule has 2 aromatic heterocycles. The van der Waals surface area contributed by atoms with Crippen molar-refractivity contribution >= 4 is 23.0 Å². The van der Waals surface area contributed by atoms with Gasteiger partial charge in [-0.15, -0.1) is 0 Å². The maximum atomic E-state index is 6.43. The summed E-state index contributed by atoms with van der Waals surface area (Å²) in [5, 5.41) is 7.70. The highest BCUT2D eigenvalue weighted by molar-refractivity contribution is 7.80. The van der Waals surface area contributed by atoms with Crippen molar-refractivity contribution < 1.29 is 9.15 Å². The van der Waals surface area contributed by atoms with Gasteiger partial charge in [-0.05, 0) is 86.2 Å². The number of rotatable bonds is 10. The van der Waals surface area contributed by atoms with E-state index in [0.29, 0.717) is 6.61 Å². The van der Waals surface area contributed by atoms with Gasteiger partial charge >= 0.3 is 0 Å². The SMILES string of the molecule is CCOc1ccc(-c2ccc([C@@H]3[C@@H](c4ccccn4)NC(=S)N3CCCNc3ccccc3)o2)cc1. The highest BCUT2D eigenvalue weighted by atomic mass is 32.1. The van der Waals surface area contributed by atoms with Gasteiger partial charge in [0, 0.05) is 30.5 Å². The Hall–Kier alpha value is -3.84. The second-order valence-corrected chi connectivity index (χ2v) is 9.01. The minimum absolute atomic E-state index is 0.0967. The van der Waals surface area contributed by atoms with Crippen molar-refractivity contribution in [1.29, 1.82) is 0 Å². The molecule has 4 aromatic rings. The Bertz CT molecular complexity index is 1260. The molecule has 2 atom stereocenters. The third kappa shape index (κ3) is 5.36. The van der Waals surface area contributed by atoms with Gasteiger partial charge in [0.15, 0.2) is 5.11 Å². The van der Waals surface area contributed by atoms with Gasteiger partial charge in [0.1, 0.15) is 23.3 Å². The van der Waals surface area contributed by atoms with E-state index in [4.69, 9.17) is 21.4 Å². The third-order valence-corrected chi connectivity index (χ3v) is 6.60. The quantitative estimate of drug-likeness (QED) is 0.199. The van der Waals surface area contributed by atoms with Crippen LogP contribution in [0.2, 0.25) is 0 Å². The van der Waals surface area contributed by atoms with Crippen LogP contribution in [-0.2, 0) is 0 Å². The molecule has 1 saturated heterocycles. The molecule has 0 saturated carbocycles. The maximum Gasteiger partial charge on any atom is 0.170 e. The van der Waals surface area contributed by atoms with Gasteiger partial charge in [-0.25, -0.2) is 0 Å². The summed E-state index contributed by atoms with van der Waals surface area (Å²) in [6, 6.07) is 28.1. The Morgan fingerprint density at radius 3 is 2.56 bits per heavy atom. The summed E-state index contributed by atoms with van der Waals surface area (Å²) in [4.78, 5) is 6.84. The van der Waals surface area contributed by atoms with Crippen molar-refractivity contribution in [3.8, 4) is 17.1 Å². The van der Waals surface area contributed by atoms with E-state index in [0.717, 1.165) is 58.8 Å². The number of thiocarbonyl (C=S) groups is 1. The molecule has 2 aromatic carbocycles. The summed E-state index contributed by atoms with van der Waals surface area (Å²) in [5.41, 5.74) is 3.06. The fourth-order valence-corrected chi connectivity index (χ4v) is 4.87. The van der Waals surface area contributed by atoms with Gasteiger partial charge in [0.25, 0.3) is 0 Å². The van der Waals surface area contributed by atoms with Crippen molar-refractivity contribution in [1.82, 2.24) is 15.2 Å². The first-order valence-electron chi connectivity index (χ1n) is 12.3. The number of anilines is 1. The van der Waals surface area contributed by atoms with Crippen LogP contribution in [0.25, 0.3) is 11.3 Å². The summed E-state index contributed by atoms with van der Waals surface area (Å²) in [6.45, 7) is 4.26. The number of aromatic nitrogens is 1. The number of hydrogen-bond donors (Lipinski definition) is 2. The molecular weight excluding hydrogens is 468 g/mol. The lowest BCUT2D eigenvalue weighted by Crippen LogP contribution is -2.31. The van der Waals surface area contributed by atoms with Crippen LogP contribution in [0, 0.1) is 0 Å². The van der Waals surface area contributed by atoms with E-state index in [1.165, 1.54) is 0 Å². The van der Waals surface area contributed by atoms with Gasteiger partial charge in [-0.1, -0.05) is 24.3 Å². The molecule has 0 amide bonds. The van der Waals surface area contributed by atoms with Crippen LogP contribution in [0.3, 0.4) is 0 Å². The monoisotopic (exact) mass is 498 g/mol. The minimum Gasteiger partial charge on any atom is -0.494 e. The molecule has 184 valence electrons. The third-order valence-electron chi connectivity index (χ3n) is 6.24. The predicted octanol–water partition coefficient (Wildman–Crippen LogP) is 6.22. The first kappa shape index (κ1) is 23.9. The Morgan fingerprint density at radius 1 is 1.00 bits per heavy atom. The second kappa shape index (κ2) is 11.3. The zero-order chi connectivity index (χ0) is 24.7. The second-order valence-electron chi connectivity index (χ2n) is 8.63. The number of nitrogens with zero attached hydrogens (tertiary/aromatic N) is 2. The van der Waals surface area contributed by atoms with Crippen LogP contribution < -0.4 is 15.4 Å². The molecule has 1 fully saturated rings. The van der Waals surface area contributed by atoms with Crippen LogP contribution in [0.1, 0.15) is 36.9 Å². The highest BCUT2D eigenvalue weighted by Crippen LogP contribution is 2.40. The zero-order valence-electron chi connectivity index (χ0n) is 20.3. The minimum atomic E-state index is -0.0971. The normalized spacial score (nSPS) is 17.1. The molecule has 1 aliphatic rings. The Balaban J connectivity index is 1.36. The molecule has 5 rings (SSSR count). The van der Waals surface area contributed by atoms with E-state index in [1.807, 2.05) is 79.9 Å². The van der Waals surface area contributed by atoms with E-state index in [2.05, 4.69) is 38.7 Å². The summed E-state index contributed by atoms with van der Waals surface area (Å²) in [5.74, 6) is 2.53. The standard InChI is InChI=1S/C29H30N4O2S/c1-2-34-23-14-12-21(13-15-23)25-16-17-26(35-25)28-27(24-11-6-7-18-31-24)32-29(36)33(28)20-8-19-30-22-9-4-3-5-10-22/h3-7,9-18,27-28,30H,2,8,19-20H2,1H3,(H,32,36)/t27-,28-/m1/s1. The van der Waals surface area contributed by atoms with Gasteiger partial charge in [-0.2, -0.15) is 0 Å². The molecular formula is C29H30N4O2S. The van der Waals surface area contributed by atoms with E-state index >= 15 is 0 Å². The lowest BCUT2D eigenvalue weighted by Gasteiger charge is -2.26. The first-order chi connectivity index (χ1) is 17.7. The first-order valence-corrected chi connectivity index (χ1v) is 12.7. The lowest BCUT2D eigenvalue weighted by molar-refractivity contribution is 0.274. The number of furan rings is 1. The number of hydrogen-bond acceptors (Lipinski definition) is 5. The number of benzene rings is 2. The van der Waals surface area contributed by atoms with Crippen molar-refractivity contribution in [3.05, 3.63) is 103 Å². The van der Waals surface area contributed by atoms with Gasteiger partial charge < -0.3 is 24.7 Å². The fraction of sp³-hybridized carbons (Fsp3) is 0.241. The summed E-state index contributed by atoms with van der Waals surface area (Å²) < 4.78 is 12.0. The maximum absolute atomic E-state index is 6.43. The van der Waals surface area contributed by atoms with E-state index in [9.17, 15) is 0 Å².